The highest BCUT2D eigenvalue weighted by Gasteiger charge is 2.16. The van der Waals surface area contributed by atoms with Gasteiger partial charge < -0.3 is 0 Å². The number of aromatic nitrogens is 1. The Kier molecular flexibility index (Phi) is 4.52. The van der Waals surface area contributed by atoms with Crippen molar-refractivity contribution in [2.45, 2.75) is 18.2 Å². The molecule has 2 aromatic rings. The number of sulfonamides is 1. The van der Waals surface area contributed by atoms with Crippen LogP contribution in [0.15, 0.2) is 41.4 Å². The molecule has 0 radical (unpaired) electrons. The van der Waals surface area contributed by atoms with Crippen molar-refractivity contribution in [1.82, 2.24) is 4.98 Å². The normalized spacial score (nSPS) is 11.3. The fraction of sp³-hybridized carbons (Fsp3) is 0.154. The molecule has 0 saturated carbocycles. The van der Waals surface area contributed by atoms with Gasteiger partial charge in [0, 0.05) is 11.9 Å². The highest BCUT2D eigenvalue weighted by atomic mass is 35.5. The van der Waals surface area contributed by atoms with E-state index in [0.29, 0.717) is 5.69 Å². The minimum Gasteiger partial charge on any atom is -0.280 e. The number of rotatable bonds is 4. The Bertz CT molecular complexity index is 733. The molecule has 1 heterocycles. The number of pyridine rings is 1. The predicted octanol–water partition coefficient (Wildman–Crippen LogP) is 3.75. The summed E-state index contributed by atoms with van der Waals surface area (Å²) in [5.41, 5.74) is 1.54. The SMILES string of the molecule is CCc1cccc(NS(=O)(=O)c2cnc(Cl)c(Cl)c2)c1. The fourth-order valence-corrected chi connectivity index (χ4v) is 2.97. The second-order valence-corrected chi connectivity index (χ2v) is 6.55. The number of halogens is 2. The average Bonchev–Trinajstić information content (AvgIpc) is 2.41. The van der Waals surface area contributed by atoms with Crippen LogP contribution < -0.4 is 4.72 Å². The zero-order valence-electron chi connectivity index (χ0n) is 10.6. The zero-order chi connectivity index (χ0) is 14.8. The van der Waals surface area contributed by atoms with Crippen LogP contribution in [-0.4, -0.2) is 13.4 Å². The number of anilines is 1. The van der Waals surface area contributed by atoms with Crippen LogP contribution in [0.25, 0.3) is 0 Å². The molecule has 1 aromatic heterocycles. The van der Waals surface area contributed by atoms with Gasteiger partial charge in [0.15, 0.2) is 0 Å². The van der Waals surface area contributed by atoms with Crippen LogP contribution in [0.2, 0.25) is 10.2 Å². The van der Waals surface area contributed by atoms with E-state index in [-0.39, 0.29) is 15.1 Å². The molecule has 0 aliphatic carbocycles. The third-order valence-corrected chi connectivity index (χ3v) is 4.70. The Morgan fingerprint density at radius 1 is 1.25 bits per heavy atom. The van der Waals surface area contributed by atoms with Crippen LogP contribution in [0, 0.1) is 0 Å². The van der Waals surface area contributed by atoms with Gasteiger partial charge in [-0.1, -0.05) is 42.3 Å². The van der Waals surface area contributed by atoms with Gasteiger partial charge in [-0.3, -0.25) is 4.72 Å². The molecule has 4 nitrogen and oxygen atoms in total. The number of aryl methyl sites for hydroxylation is 1. The van der Waals surface area contributed by atoms with Gasteiger partial charge in [0.2, 0.25) is 0 Å². The van der Waals surface area contributed by atoms with Crippen molar-refractivity contribution in [1.29, 1.82) is 0 Å². The molecule has 1 aromatic carbocycles. The molecule has 0 fully saturated rings. The van der Waals surface area contributed by atoms with Crippen molar-refractivity contribution >= 4 is 38.9 Å². The Balaban J connectivity index is 2.32. The third kappa shape index (κ3) is 3.42. The number of benzene rings is 1. The summed E-state index contributed by atoms with van der Waals surface area (Å²) in [6, 6.07) is 8.45. The summed E-state index contributed by atoms with van der Waals surface area (Å²) >= 11 is 11.5. The first-order valence-corrected chi connectivity index (χ1v) is 8.09. The van der Waals surface area contributed by atoms with Gasteiger partial charge in [-0.25, -0.2) is 13.4 Å². The molecule has 0 unspecified atom stereocenters. The molecule has 1 N–H and O–H groups in total. The maximum absolute atomic E-state index is 12.2. The van der Waals surface area contributed by atoms with E-state index in [4.69, 9.17) is 23.2 Å². The van der Waals surface area contributed by atoms with E-state index in [1.807, 2.05) is 13.0 Å². The third-order valence-electron chi connectivity index (χ3n) is 2.67. The van der Waals surface area contributed by atoms with E-state index in [1.165, 1.54) is 12.3 Å². The molecule has 0 aliphatic heterocycles. The molecule has 2 rings (SSSR count). The average molecular weight is 331 g/mol. The summed E-state index contributed by atoms with van der Waals surface area (Å²) < 4.78 is 26.9. The van der Waals surface area contributed by atoms with Crippen molar-refractivity contribution in [3.05, 3.63) is 52.3 Å². The van der Waals surface area contributed by atoms with Crippen LogP contribution >= 0.6 is 23.2 Å². The minimum absolute atomic E-state index is 0.0335. The number of nitrogens with zero attached hydrogens (tertiary/aromatic N) is 1. The van der Waals surface area contributed by atoms with Gasteiger partial charge in [0.25, 0.3) is 10.0 Å². The van der Waals surface area contributed by atoms with Gasteiger partial charge >= 0.3 is 0 Å². The van der Waals surface area contributed by atoms with Gasteiger partial charge in [0.1, 0.15) is 10.0 Å². The lowest BCUT2D eigenvalue weighted by Crippen LogP contribution is -2.13. The molecule has 0 saturated heterocycles. The van der Waals surface area contributed by atoms with Crippen LogP contribution in [0.4, 0.5) is 5.69 Å². The first kappa shape index (κ1) is 15.1. The van der Waals surface area contributed by atoms with Crippen molar-refractivity contribution in [2.24, 2.45) is 0 Å². The Morgan fingerprint density at radius 3 is 2.65 bits per heavy atom. The van der Waals surface area contributed by atoms with Crippen LogP contribution in [0.1, 0.15) is 12.5 Å². The van der Waals surface area contributed by atoms with Crippen LogP contribution in [-0.2, 0) is 16.4 Å². The van der Waals surface area contributed by atoms with E-state index >= 15 is 0 Å². The molecule has 0 spiro atoms. The molecule has 106 valence electrons. The van der Waals surface area contributed by atoms with E-state index in [2.05, 4.69) is 9.71 Å². The molecule has 0 aliphatic rings. The first-order valence-electron chi connectivity index (χ1n) is 5.85. The second kappa shape index (κ2) is 5.99. The smallest absolute Gasteiger partial charge is 0.263 e. The second-order valence-electron chi connectivity index (χ2n) is 4.10. The lowest BCUT2D eigenvalue weighted by Gasteiger charge is -2.09. The summed E-state index contributed by atoms with van der Waals surface area (Å²) in [5.74, 6) is 0. The van der Waals surface area contributed by atoms with Gasteiger partial charge in [-0.2, -0.15) is 0 Å². The Labute approximate surface area is 127 Å². The monoisotopic (exact) mass is 330 g/mol. The molecule has 20 heavy (non-hydrogen) atoms. The lowest BCUT2D eigenvalue weighted by atomic mass is 10.1. The van der Waals surface area contributed by atoms with Crippen molar-refractivity contribution < 1.29 is 8.42 Å². The summed E-state index contributed by atoms with van der Waals surface area (Å²) in [6.45, 7) is 2.00. The Hall–Kier alpha value is -1.30. The molecule has 0 atom stereocenters. The number of hydrogen-bond acceptors (Lipinski definition) is 3. The molecule has 7 heteroatoms. The summed E-state index contributed by atoms with van der Waals surface area (Å²) in [5, 5.41) is 0.162. The largest absolute Gasteiger partial charge is 0.280 e. The maximum atomic E-state index is 12.2. The fourth-order valence-electron chi connectivity index (χ4n) is 1.62. The predicted molar refractivity (Wildman–Crippen MR) is 80.9 cm³/mol. The van der Waals surface area contributed by atoms with Gasteiger partial charge in [-0.15, -0.1) is 0 Å². The standard InChI is InChI=1S/C13H12Cl2N2O2S/c1-2-9-4-3-5-10(6-9)17-20(18,19)11-7-12(14)13(15)16-8-11/h3-8,17H,2H2,1H3. The summed E-state index contributed by atoms with van der Waals surface area (Å²) in [4.78, 5) is 3.70. The van der Waals surface area contributed by atoms with Crippen LogP contribution in [0.3, 0.4) is 0 Å². The van der Waals surface area contributed by atoms with E-state index in [0.717, 1.165) is 12.0 Å². The van der Waals surface area contributed by atoms with Crippen molar-refractivity contribution in [3.8, 4) is 0 Å². The quantitative estimate of drug-likeness (QED) is 0.868. The van der Waals surface area contributed by atoms with Gasteiger partial charge in [-0.05, 0) is 30.2 Å². The van der Waals surface area contributed by atoms with Gasteiger partial charge in [0.05, 0.1) is 5.02 Å². The topological polar surface area (TPSA) is 59.1 Å². The summed E-state index contributed by atoms with van der Waals surface area (Å²) in [6.07, 6.45) is 1.99. The lowest BCUT2D eigenvalue weighted by molar-refractivity contribution is 0.601. The van der Waals surface area contributed by atoms with E-state index in [9.17, 15) is 8.42 Å². The highest BCUT2D eigenvalue weighted by Crippen LogP contribution is 2.24. The zero-order valence-corrected chi connectivity index (χ0v) is 12.9. The number of hydrogen-bond donors (Lipinski definition) is 1. The van der Waals surface area contributed by atoms with E-state index in [1.54, 1.807) is 18.2 Å². The minimum atomic E-state index is -3.73. The summed E-state index contributed by atoms with van der Waals surface area (Å²) in [7, 11) is -3.73. The van der Waals surface area contributed by atoms with Crippen molar-refractivity contribution in [2.75, 3.05) is 4.72 Å². The van der Waals surface area contributed by atoms with Crippen molar-refractivity contribution in [3.63, 3.8) is 0 Å². The molecule has 0 bridgehead atoms. The molecular weight excluding hydrogens is 319 g/mol. The highest BCUT2D eigenvalue weighted by molar-refractivity contribution is 7.92. The first-order chi connectivity index (χ1) is 9.42. The molecular formula is C13H12Cl2N2O2S. The number of nitrogens with one attached hydrogen (secondary N) is 1. The maximum Gasteiger partial charge on any atom is 0.263 e. The Morgan fingerprint density at radius 2 is 2.00 bits per heavy atom. The van der Waals surface area contributed by atoms with E-state index < -0.39 is 10.0 Å². The molecule has 0 amide bonds. The van der Waals surface area contributed by atoms with Crippen LogP contribution in [0.5, 0.6) is 0 Å².